The highest BCUT2D eigenvalue weighted by Crippen LogP contribution is 2.39. The number of likely N-dealkylation sites (tertiary alicyclic amines) is 1. The highest BCUT2D eigenvalue weighted by molar-refractivity contribution is 5.98. The fraction of sp³-hybridized carbons (Fsp3) is 0.464. The summed E-state index contributed by atoms with van der Waals surface area (Å²) in [6.07, 6.45) is 0.862. The highest BCUT2D eigenvalue weighted by atomic mass is 16.5. The zero-order chi connectivity index (χ0) is 25.9. The molecule has 8 heteroatoms. The van der Waals surface area contributed by atoms with E-state index < -0.39 is 11.8 Å². The summed E-state index contributed by atoms with van der Waals surface area (Å²) >= 11 is 0. The molecule has 2 aliphatic heterocycles. The van der Waals surface area contributed by atoms with E-state index in [1.54, 1.807) is 53.3 Å². The zero-order valence-electron chi connectivity index (χ0n) is 21.5. The Balaban J connectivity index is 1.54. The maximum absolute atomic E-state index is 13.8. The van der Waals surface area contributed by atoms with Gasteiger partial charge in [-0.05, 0) is 49.2 Å². The van der Waals surface area contributed by atoms with E-state index in [-0.39, 0.29) is 24.3 Å². The maximum Gasteiger partial charge on any atom is 0.256 e. The van der Waals surface area contributed by atoms with E-state index in [0.29, 0.717) is 55.3 Å². The summed E-state index contributed by atoms with van der Waals surface area (Å²) in [6.45, 7) is 7.51. The van der Waals surface area contributed by atoms with E-state index in [0.717, 1.165) is 5.56 Å². The van der Waals surface area contributed by atoms with Crippen LogP contribution in [0.25, 0.3) is 0 Å². The predicted octanol–water partition coefficient (Wildman–Crippen LogP) is 3.25. The molecule has 8 nitrogen and oxygen atoms in total. The summed E-state index contributed by atoms with van der Waals surface area (Å²) in [7, 11) is 1.59. The molecule has 3 amide bonds. The topological polar surface area (TPSA) is 88.2 Å². The summed E-state index contributed by atoms with van der Waals surface area (Å²) in [4.78, 5) is 43.4. The Kier molecular flexibility index (Phi) is 7.64. The number of aryl methyl sites for hydroxylation is 1. The number of hydrogen-bond donors (Lipinski definition) is 1. The lowest BCUT2D eigenvalue weighted by Crippen LogP contribution is -2.60. The Morgan fingerprint density at radius 2 is 1.58 bits per heavy atom. The highest BCUT2D eigenvalue weighted by Gasteiger charge is 2.54. The van der Waals surface area contributed by atoms with Gasteiger partial charge in [-0.2, -0.15) is 0 Å². The lowest BCUT2D eigenvalue weighted by Gasteiger charge is -2.44. The fourth-order valence-electron chi connectivity index (χ4n) is 4.80. The maximum atomic E-state index is 13.8. The fourth-order valence-corrected chi connectivity index (χ4v) is 4.80. The summed E-state index contributed by atoms with van der Waals surface area (Å²) in [5.74, 6) is 0.465. The number of hydrogen-bond acceptors (Lipinski definition) is 5. The SMILES string of the molecule is COc1ccc(C(=O)N2CCC3(CC2)OCC(C(=O)NCC(C)C)N3C(=O)c2ccc(C)cc2)cc1. The predicted molar refractivity (Wildman–Crippen MR) is 136 cm³/mol. The zero-order valence-corrected chi connectivity index (χ0v) is 21.5. The second-order valence-corrected chi connectivity index (χ2v) is 9.97. The molecule has 0 bridgehead atoms. The van der Waals surface area contributed by atoms with Gasteiger partial charge in [0.25, 0.3) is 11.8 Å². The van der Waals surface area contributed by atoms with Crippen molar-refractivity contribution in [3.05, 3.63) is 65.2 Å². The van der Waals surface area contributed by atoms with Gasteiger partial charge in [0.15, 0.2) is 0 Å². The first-order valence-electron chi connectivity index (χ1n) is 12.5. The van der Waals surface area contributed by atoms with Crippen LogP contribution in [-0.4, -0.2) is 72.6 Å². The third-order valence-electron chi connectivity index (χ3n) is 6.93. The number of nitrogens with zero attached hydrogens (tertiary/aromatic N) is 2. The standard InChI is InChI=1S/C28H35N3O5/c1-19(2)17-29-25(32)24-18-36-28(31(24)27(34)22-7-5-20(3)6-8-22)13-15-30(16-14-28)26(33)21-9-11-23(35-4)12-10-21/h5-12,19,24H,13-18H2,1-4H3,(H,29,32). The van der Waals surface area contributed by atoms with E-state index in [1.165, 1.54) is 0 Å². The van der Waals surface area contributed by atoms with Crippen molar-refractivity contribution in [3.63, 3.8) is 0 Å². The van der Waals surface area contributed by atoms with Crippen LogP contribution in [0.2, 0.25) is 0 Å². The Bertz CT molecular complexity index is 1090. The van der Waals surface area contributed by atoms with Crippen molar-refractivity contribution >= 4 is 17.7 Å². The van der Waals surface area contributed by atoms with E-state index in [9.17, 15) is 14.4 Å². The van der Waals surface area contributed by atoms with Crippen LogP contribution in [0.15, 0.2) is 48.5 Å². The van der Waals surface area contributed by atoms with Crippen LogP contribution in [0, 0.1) is 12.8 Å². The minimum absolute atomic E-state index is 0.0758. The number of amides is 3. The molecular weight excluding hydrogens is 458 g/mol. The van der Waals surface area contributed by atoms with Gasteiger partial charge in [-0.15, -0.1) is 0 Å². The van der Waals surface area contributed by atoms with Crippen molar-refractivity contribution in [1.29, 1.82) is 0 Å². The molecule has 4 rings (SSSR count). The summed E-state index contributed by atoms with van der Waals surface area (Å²) in [5, 5.41) is 2.96. The molecule has 1 N–H and O–H groups in total. The van der Waals surface area contributed by atoms with Crippen molar-refractivity contribution < 1.29 is 23.9 Å². The van der Waals surface area contributed by atoms with Gasteiger partial charge >= 0.3 is 0 Å². The van der Waals surface area contributed by atoms with Gasteiger partial charge in [0.05, 0.1) is 13.7 Å². The Morgan fingerprint density at radius 1 is 1.00 bits per heavy atom. The molecule has 0 aromatic heterocycles. The Morgan fingerprint density at radius 3 is 2.17 bits per heavy atom. The molecule has 0 saturated carbocycles. The molecule has 2 aromatic rings. The minimum Gasteiger partial charge on any atom is -0.497 e. The van der Waals surface area contributed by atoms with Gasteiger partial charge < -0.3 is 19.7 Å². The third kappa shape index (κ3) is 5.23. The molecule has 2 fully saturated rings. The number of nitrogens with one attached hydrogen (secondary N) is 1. The molecule has 0 radical (unpaired) electrons. The van der Waals surface area contributed by atoms with Crippen LogP contribution >= 0.6 is 0 Å². The van der Waals surface area contributed by atoms with E-state index in [2.05, 4.69) is 5.32 Å². The van der Waals surface area contributed by atoms with Crippen LogP contribution in [0.5, 0.6) is 5.75 Å². The Labute approximate surface area is 212 Å². The van der Waals surface area contributed by atoms with Crippen LogP contribution in [0.1, 0.15) is 53.0 Å². The van der Waals surface area contributed by atoms with E-state index in [4.69, 9.17) is 9.47 Å². The molecule has 2 aromatic carbocycles. The molecule has 192 valence electrons. The smallest absolute Gasteiger partial charge is 0.256 e. The molecule has 0 aliphatic carbocycles. The van der Waals surface area contributed by atoms with Gasteiger partial charge in [0.2, 0.25) is 5.91 Å². The monoisotopic (exact) mass is 493 g/mol. The van der Waals surface area contributed by atoms with Crippen molar-refractivity contribution in [2.24, 2.45) is 5.92 Å². The molecule has 2 heterocycles. The molecule has 1 spiro atoms. The van der Waals surface area contributed by atoms with E-state index in [1.807, 2.05) is 32.9 Å². The number of ether oxygens (including phenoxy) is 2. The van der Waals surface area contributed by atoms with Crippen molar-refractivity contribution in [3.8, 4) is 5.75 Å². The van der Waals surface area contributed by atoms with Crippen LogP contribution in [0.4, 0.5) is 0 Å². The van der Waals surface area contributed by atoms with Gasteiger partial charge in [-0.1, -0.05) is 31.5 Å². The first-order valence-corrected chi connectivity index (χ1v) is 12.5. The van der Waals surface area contributed by atoms with Gasteiger partial charge in [0.1, 0.15) is 17.5 Å². The molecular formula is C28H35N3O5. The minimum atomic E-state index is -0.932. The Hall–Kier alpha value is -3.39. The number of carbonyl (C=O) groups is 3. The second-order valence-electron chi connectivity index (χ2n) is 9.97. The normalized spacial score (nSPS) is 19.0. The number of methoxy groups -OCH3 is 1. The first-order chi connectivity index (χ1) is 17.2. The number of rotatable bonds is 6. The largest absolute Gasteiger partial charge is 0.497 e. The van der Waals surface area contributed by atoms with Crippen molar-refractivity contribution in [2.45, 2.75) is 45.4 Å². The molecule has 2 aliphatic rings. The van der Waals surface area contributed by atoms with Gasteiger partial charge in [-0.3, -0.25) is 19.3 Å². The summed E-state index contributed by atoms with van der Waals surface area (Å²) in [6, 6.07) is 13.7. The molecule has 36 heavy (non-hydrogen) atoms. The molecule has 1 atom stereocenters. The quantitative estimate of drug-likeness (QED) is 0.668. The second kappa shape index (κ2) is 10.7. The first kappa shape index (κ1) is 25.7. The average Bonchev–Trinajstić information content (AvgIpc) is 3.25. The number of benzene rings is 2. The van der Waals surface area contributed by atoms with Gasteiger partial charge in [-0.25, -0.2) is 0 Å². The lowest BCUT2D eigenvalue weighted by atomic mass is 9.96. The van der Waals surface area contributed by atoms with Crippen molar-refractivity contribution in [1.82, 2.24) is 15.1 Å². The van der Waals surface area contributed by atoms with Crippen LogP contribution in [0.3, 0.4) is 0 Å². The lowest BCUT2D eigenvalue weighted by molar-refractivity contribution is -0.128. The van der Waals surface area contributed by atoms with E-state index >= 15 is 0 Å². The molecule has 1 unspecified atom stereocenters. The van der Waals surface area contributed by atoms with Crippen LogP contribution < -0.4 is 10.1 Å². The van der Waals surface area contributed by atoms with Crippen LogP contribution in [-0.2, 0) is 9.53 Å². The average molecular weight is 494 g/mol. The summed E-state index contributed by atoms with van der Waals surface area (Å²) in [5.41, 5.74) is 1.22. The summed E-state index contributed by atoms with van der Waals surface area (Å²) < 4.78 is 11.4. The number of carbonyl (C=O) groups excluding carboxylic acids is 3. The number of piperidine rings is 1. The van der Waals surface area contributed by atoms with Crippen molar-refractivity contribution in [2.75, 3.05) is 33.4 Å². The van der Waals surface area contributed by atoms with Gasteiger partial charge in [0, 0.05) is 43.6 Å². The molecule has 2 saturated heterocycles. The third-order valence-corrected chi connectivity index (χ3v) is 6.93.